The number of anilines is 1. The summed E-state index contributed by atoms with van der Waals surface area (Å²) in [6.07, 6.45) is 9.09. The third-order valence-electron chi connectivity index (χ3n) is 4.90. The van der Waals surface area contributed by atoms with Gasteiger partial charge in [0.05, 0.1) is 5.56 Å². The first-order valence-electron chi connectivity index (χ1n) is 10.2. The van der Waals surface area contributed by atoms with Gasteiger partial charge in [0.15, 0.2) is 11.5 Å². The molecular formula is C24H23N7O. The molecule has 0 aliphatic rings. The number of carbonyl (C=O) groups is 1. The van der Waals surface area contributed by atoms with E-state index in [4.69, 9.17) is 16.1 Å². The predicted octanol–water partition coefficient (Wildman–Crippen LogP) is 3.67. The molecule has 32 heavy (non-hydrogen) atoms. The lowest BCUT2D eigenvalue weighted by Gasteiger charge is -2.11. The van der Waals surface area contributed by atoms with Crippen LogP contribution in [0.15, 0.2) is 73.1 Å². The quantitative estimate of drug-likeness (QED) is 0.294. The highest BCUT2D eigenvalue weighted by molar-refractivity contribution is 5.82. The van der Waals surface area contributed by atoms with Crippen LogP contribution in [0.25, 0.3) is 28.2 Å². The maximum atomic E-state index is 12.0. The molecule has 0 saturated carbocycles. The van der Waals surface area contributed by atoms with E-state index in [9.17, 15) is 4.79 Å². The number of pyridine rings is 2. The zero-order valence-electron chi connectivity index (χ0n) is 17.4. The van der Waals surface area contributed by atoms with E-state index < -0.39 is 0 Å². The molecule has 0 aliphatic carbocycles. The summed E-state index contributed by atoms with van der Waals surface area (Å²) >= 11 is 0. The van der Waals surface area contributed by atoms with Crippen LogP contribution in [0.1, 0.15) is 18.4 Å². The lowest BCUT2D eigenvalue weighted by atomic mass is 10.2. The topological polar surface area (TPSA) is 123 Å². The summed E-state index contributed by atoms with van der Waals surface area (Å²) in [7, 11) is 0. The van der Waals surface area contributed by atoms with Gasteiger partial charge < -0.3 is 16.5 Å². The average molecular weight is 425 g/mol. The van der Waals surface area contributed by atoms with Crippen molar-refractivity contribution in [3.05, 3.63) is 78.6 Å². The molecule has 0 aliphatic heterocycles. The Bertz CT molecular complexity index is 1280. The Morgan fingerprint density at radius 1 is 1.06 bits per heavy atom. The van der Waals surface area contributed by atoms with Gasteiger partial charge in [-0.15, -0.1) is 0 Å². The van der Waals surface area contributed by atoms with Crippen LogP contribution in [-0.2, 0) is 11.3 Å². The molecule has 1 aromatic carbocycles. The fraction of sp³-hybridized carbons (Fsp3) is 0.125. The van der Waals surface area contributed by atoms with Gasteiger partial charge in [-0.1, -0.05) is 24.3 Å². The van der Waals surface area contributed by atoms with Crippen LogP contribution < -0.4 is 11.1 Å². The number of nitrogens with two attached hydrogens (primary N) is 1. The lowest BCUT2D eigenvalue weighted by Crippen LogP contribution is -2.21. The first kappa shape index (κ1) is 20.9. The van der Waals surface area contributed by atoms with Crippen molar-refractivity contribution in [2.24, 2.45) is 0 Å². The van der Waals surface area contributed by atoms with Crippen LogP contribution in [0.2, 0.25) is 0 Å². The summed E-state index contributed by atoms with van der Waals surface area (Å²) in [5.74, 6) is 1.01. The Labute approximate surface area is 185 Å². The monoisotopic (exact) mass is 425 g/mol. The van der Waals surface area contributed by atoms with E-state index >= 15 is 0 Å². The second-order valence-corrected chi connectivity index (χ2v) is 7.11. The molecule has 3 heterocycles. The number of aromatic nitrogens is 4. The number of nitrogens with zero attached hydrogens (tertiary/aromatic N) is 4. The highest BCUT2D eigenvalue weighted by Gasteiger charge is 2.17. The number of rotatable bonds is 8. The Morgan fingerprint density at radius 2 is 1.84 bits per heavy atom. The Morgan fingerprint density at radius 3 is 2.62 bits per heavy atom. The number of benzene rings is 1. The van der Waals surface area contributed by atoms with E-state index in [1.807, 2.05) is 53.1 Å². The molecule has 3 aromatic heterocycles. The summed E-state index contributed by atoms with van der Waals surface area (Å²) in [5, 5.41) is 9.87. The highest BCUT2D eigenvalue weighted by Crippen LogP contribution is 2.30. The zero-order chi connectivity index (χ0) is 22.3. The third-order valence-corrected chi connectivity index (χ3v) is 4.90. The number of hydrogen-bond acceptors (Lipinski definition) is 6. The van der Waals surface area contributed by atoms with Gasteiger partial charge >= 0.3 is 0 Å². The molecule has 0 spiro atoms. The number of fused-ring (bicyclic) bond motifs is 1. The van der Waals surface area contributed by atoms with Crippen LogP contribution in [0.4, 0.5) is 5.82 Å². The SMILES string of the molecule is N=CCC=CCC(=O)NCc1ccc(-n2c(-c3cccnc3N)nc3cccnc32)cc1. The molecule has 8 nitrogen and oxygen atoms in total. The molecule has 4 rings (SSSR count). The molecule has 0 fully saturated rings. The number of hydrogen-bond donors (Lipinski definition) is 3. The zero-order valence-corrected chi connectivity index (χ0v) is 17.4. The van der Waals surface area contributed by atoms with E-state index in [1.165, 1.54) is 6.21 Å². The second kappa shape index (κ2) is 9.65. The molecular weight excluding hydrogens is 402 g/mol. The van der Waals surface area contributed by atoms with Crippen molar-refractivity contribution in [1.82, 2.24) is 24.8 Å². The molecule has 8 heteroatoms. The molecule has 4 aromatic rings. The molecule has 0 unspecified atom stereocenters. The molecule has 4 N–H and O–H groups in total. The van der Waals surface area contributed by atoms with E-state index in [1.54, 1.807) is 24.5 Å². The van der Waals surface area contributed by atoms with Crippen molar-refractivity contribution in [3.8, 4) is 17.1 Å². The largest absolute Gasteiger partial charge is 0.383 e. The first-order chi connectivity index (χ1) is 15.7. The van der Waals surface area contributed by atoms with Crippen LogP contribution in [0, 0.1) is 5.41 Å². The number of nitrogen functional groups attached to an aromatic ring is 1. The average Bonchev–Trinajstić information content (AvgIpc) is 3.20. The van der Waals surface area contributed by atoms with Gasteiger partial charge in [-0.05, 0) is 54.6 Å². The number of allylic oxidation sites excluding steroid dienone is 1. The number of carbonyl (C=O) groups excluding carboxylic acids is 1. The molecule has 1 amide bonds. The van der Waals surface area contributed by atoms with Gasteiger partial charge in [-0.25, -0.2) is 15.0 Å². The van der Waals surface area contributed by atoms with E-state index in [0.29, 0.717) is 31.0 Å². The summed E-state index contributed by atoms with van der Waals surface area (Å²) in [4.78, 5) is 25.4. The third kappa shape index (κ3) is 4.54. The summed E-state index contributed by atoms with van der Waals surface area (Å²) in [5.41, 5.74) is 10.2. The predicted molar refractivity (Wildman–Crippen MR) is 126 cm³/mol. The van der Waals surface area contributed by atoms with Crippen molar-refractivity contribution in [2.75, 3.05) is 5.73 Å². The standard InChI is InChI=1S/C24H23N7O/c25-13-3-1-2-8-21(32)29-16-17-9-11-18(12-10-17)31-23(19-6-4-14-27-22(19)26)30-20-7-5-15-28-24(20)31/h1-2,4-7,9-15,25H,3,8,16H2,(H2,26,27)(H,29,32). The minimum Gasteiger partial charge on any atom is -0.383 e. The minimum atomic E-state index is -0.0607. The number of nitrogens with one attached hydrogen (secondary N) is 2. The fourth-order valence-electron chi connectivity index (χ4n) is 3.33. The smallest absolute Gasteiger partial charge is 0.224 e. The van der Waals surface area contributed by atoms with Crippen molar-refractivity contribution in [2.45, 2.75) is 19.4 Å². The second-order valence-electron chi connectivity index (χ2n) is 7.11. The van der Waals surface area contributed by atoms with Gasteiger partial charge in [0.25, 0.3) is 0 Å². The van der Waals surface area contributed by atoms with Crippen molar-refractivity contribution in [1.29, 1.82) is 5.41 Å². The van der Waals surface area contributed by atoms with E-state index in [0.717, 1.165) is 28.0 Å². The van der Waals surface area contributed by atoms with Crippen LogP contribution in [0.3, 0.4) is 0 Å². The van der Waals surface area contributed by atoms with E-state index in [-0.39, 0.29) is 5.91 Å². The maximum absolute atomic E-state index is 12.0. The van der Waals surface area contributed by atoms with Gasteiger partial charge in [-0.2, -0.15) is 0 Å². The lowest BCUT2D eigenvalue weighted by molar-refractivity contribution is -0.120. The summed E-state index contributed by atoms with van der Waals surface area (Å²) in [6, 6.07) is 15.3. The minimum absolute atomic E-state index is 0.0607. The van der Waals surface area contributed by atoms with Gasteiger partial charge in [0, 0.05) is 31.0 Å². The first-order valence-corrected chi connectivity index (χ1v) is 10.2. The fourth-order valence-corrected chi connectivity index (χ4v) is 3.33. The van der Waals surface area contributed by atoms with Crippen molar-refractivity contribution < 1.29 is 4.79 Å². The Balaban J connectivity index is 1.59. The van der Waals surface area contributed by atoms with Gasteiger partial charge in [0.2, 0.25) is 5.91 Å². The molecule has 0 radical (unpaired) electrons. The summed E-state index contributed by atoms with van der Waals surface area (Å²) in [6.45, 7) is 0.433. The number of imidazole rings is 1. The van der Waals surface area contributed by atoms with Crippen LogP contribution in [0.5, 0.6) is 0 Å². The Kier molecular flexibility index (Phi) is 6.31. The van der Waals surface area contributed by atoms with Crippen LogP contribution >= 0.6 is 0 Å². The number of amides is 1. The van der Waals surface area contributed by atoms with Crippen molar-refractivity contribution >= 4 is 29.1 Å². The van der Waals surface area contributed by atoms with Gasteiger partial charge in [-0.3, -0.25) is 9.36 Å². The molecule has 0 atom stereocenters. The Hall–Kier alpha value is -4.33. The van der Waals surface area contributed by atoms with Crippen LogP contribution in [-0.4, -0.2) is 31.6 Å². The highest BCUT2D eigenvalue weighted by atomic mass is 16.1. The molecule has 160 valence electrons. The molecule has 0 saturated heterocycles. The maximum Gasteiger partial charge on any atom is 0.224 e. The van der Waals surface area contributed by atoms with Gasteiger partial charge in [0.1, 0.15) is 11.3 Å². The van der Waals surface area contributed by atoms with Crippen molar-refractivity contribution in [3.63, 3.8) is 0 Å². The molecule has 0 bridgehead atoms. The summed E-state index contributed by atoms with van der Waals surface area (Å²) < 4.78 is 1.96. The normalized spacial score (nSPS) is 11.1. The van der Waals surface area contributed by atoms with E-state index in [2.05, 4.69) is 15.3 Å².